The van der Waals surface area contributed by atoms with Crippen molar-refractivity contribution in [3.8, 4) is 0 Å². The SMILES string of the molecule is O=C(CCc1ccc(C(F)(F)F)cc1)NCC1CCN(c2cccnc2)CC1. The lowest BCUT2D eigenvalue weighted by molar-refractivity contribution is -0.137. The van der Waals surface area contributed by atoms with Crippen LogP contribution in [0.4, 0.5) is 18.9 Å². The van der Waals surface area contributed by atoms with Gasteiger partial charge in [-0.05, 0) is 55.0 Å². The Kier molecular flexibility index (Phi) is 6.54. The van der Waals surface area contributed by atoms with E-state index in [9.17, 15) is 18.0 Å². The maximum Gasteiger partial charge on any atom is 0.416 e. The summed E-state index contributed by atoms with van der Waals surface area (Å²) in [6, 6.07) is 8.97. The molecular weight excluding hydrogens is 367 g/mol. The first-order valence-corrected chi connectivity index (χ1v) is 9.49. The van der Waals surface area contributed by atoms with Gasteiger partial charge in [0.05, 0.1) is 17.4 Å². The predicted octanol–water partition coefficient (Wildman–Crippen LogP) is 4.07. The molecule has 150 valence electrons. The lowest BCUT2D eigenvalue weighted by Gasteiger charge is -2.33. The first kappa shape index (κ1) is 20.2. The number of nitrogens with zero attached hydrogens (tertiary/aromatic N) is 2. The number of hydrogen-bond donors (Lipinski definition) is 1. The summed E-state index contributed by atoms with van der Waals surface area (Å²) in [5, 5.41) is 2.96. The van der Waals surface area contributed by atoms with Gasteiger partial charge >= 0.3 is 6.18 Å². The highest BCUT2D eigenvalue weighted by atomic mass is 19.4. The maximum absolute atomic E-state index is 12.6. The largest absolute Gasteiger partial charge is 0.416 e. The number of aromatic nitrogens is 1. The molecule has 1 aromatic carbocycles. The average molecular weight is 391 g/mol. The van der Waals surface area contributed by atoms with Gasteiger partial charge in [-0.1, -0.05) is 12.1 Å². The Balaban J connectivity index is 1.36. The highest BCUT2D eigenvalue weighted by molar-refractivity contribution is 5.76. The van der Waals surface area contributed by atoms with Crippen molar-refractivity contribution in [3.05, 3.63) is 59.9 Å². The van der Waals surface area contributed by atoms with E-state index in [2.05, 4.69) is 21.3 Å². The third-order valence-corrected chi connectivity index (χ3v) is 5.14. The van der Waals surface area contributed by atoms with Crippen LogP contribution in [0.15, 0.2) is 48.8 Å². The first-order chi connectivity index (χ1) is 13.4. The Morgan fingerprint density at radius 1 is 1.14 bits per heavy atom. The van der Waals surface area contributed by atoms with E-state index in [1.807, 2.05) is 12.3 Å². The predicted molar refractivity (Wildman–Crippen MR) is 102 cm³/mol. The third-order valence-electron chi connectivity index (χ3n) is 5.14. The fourth-order valence-corrected chi connectivity index (χ4v) is 3.40. The number of carbonyl (C=O) groups is 1. The molecule has 2 aromatic rings. The molecule has 28 heavy (non-hydrogen) atoms. The molecule has 0 bridgehead atoms. The van der Waals surface area contributed by atoms with E-state index in [1.165, 1.54) is 12.1 Å². The van der Waals surface area contributed by atoms with Crippen LogP contribution in [0.5, 0.6) is 0 Å². The van der Waals surface area contributed by atoms with Gasteiger partial charge in [-0.25, -0.2) is 0 Å². The topological polar surface area (TPSA) is 45.2 Å². The van der Waals surface area contributed by atoms with Crippen molar-refractivity contribution >= 4 is 11.6 Å². The Morgan fingerprint density at radius 3 is 2.46 bits per heavy atom. The average Bonchev–Trinajstić information content (AvgIpc) is 2.71. The molecule has 1 fully saturated rings. The number of benzene rings is 1. The highest BCUT2D eigenvalue weighted by Gasteiger charge is 2.29. The highest BCUT2D eigenvalue weighted by Crippen LogP contribution is 2.29. The molecule has 1 amide bonds. The molecule has 0 atom stereocenters. The molecule has 3 rings (SSSR count). The van der Waals surface area contributed by atoms with Crippen LogP contribution < -0.4 is 10.2 Å². The summed E-state index contributed by atoms with van der Waals surface area (Å²) < 4.78 is 37.7. The molecule has 0 aliphatic carbocycles. The molecule has 0 radical (unpaired) electrons. The molecule has 2 heterocycles. The Labute approximate surface area is 162 Å². The molecular formula is C21H24F3N3O. The van der Waals surface area contributed by atoms with Crippen LogP contribution in [0, 0.1) is 5.92 Å². The minimum absolute atomic E-state index is 0.0606. The number of piperidine rings is 1. The number of hydrogen-bond acceptors (Lipinski definition) is 3. The van der Waals surface area contributed by atoms with Crippen LogP contribution in [0.2, 0.25) is 0 Å². The Morgan fingerprint density at radius 2 is 1.86 bits per heavy atom. The van der Waals surface area contributed by atoms with Gasteiger partial charge in [0, 0.05) is 32.3 Å². The van der Waals surface area contributed by atoms with Crippen LogP contribution in [-0.2, 0) is 17.4 Å². The molecule has 1 aromatic heterocycles. The molecule has 7 heteroatoms. The van der Waals surface area contributed by atoms with E-state index >= 15 is 0 Å². The van der Waals surface area contributed by atoms with Gasteiger partial charge in [-0.3, -0.25) is 9.78 Å². The van der Waals surface area contributed by atoms with Gasteiger partial charge in [0.1, 0.15) is 0 Å². The number of pyridine rings is 1. The summed E-state index contributed by atoms with van der Waals surface area (Å²) in [6.45, 7) is 2.53. The molecule has 0 spiro atoms. The summed E-state index contributed by atoms with van der Waals surface area (Å²) in [4.78, 5) is 18.5. The van der Waals surface area contributed by atoms with E-state index < -0.39 is 11.7 Å². The second-order valence-electron chi connectivity index (χ2n) is 7.14. The Bertz CT molecular complexity index is 755. The monoisotopic (exact) mass is 391 g/mol. The zero-order valence-corrected chi connectivity index (χ0v) is 15.6. The van der Waals surface area contributed by atoms with Crippen LogP contribution >= 0.6 is 0 Å². The molecule has 4 nitrogen and oxygen atoms in total. The number of carbonyl (C=O) groups excluding carboxylic acids is 1. The quantitative estimate of drug-likeness (QED) is 0.808. The zero-order chi connectivity index (χ0) is 20.0. The van der Waals surface area contributed by atoms with Crippen molar-refractivity contribution < 1.29 is 18.0 Å². The number of rotatable bonds is 6. The van der Waals surface area contributed by atoms with E-state index in [0.717, 1.165) is 49.3 Å². The Hall–Kier alpha value is -2.57. The van der Waals surface area contributed by atoms with Crippen molar-refractivity contribution in [1.82, 2.24) is 10.3 Å². The lowest BCUT2D eigenvalue weighted by Crippen LogP contribution is -2.38. The van der Waals surface area contributed by atoms with Crippen molar-refractivity contribution in [2.45, 2.75) is 31.9 Å². The molecule has 1 saturated heterocycles. The van der Waals surface area contributed by atoms with Gasteiger partial charge in [-0.15, -0.1) is 0 Å². The summed E-state index contributed by atoms with van der Waals surface area (Å²) in [7, 11) is 0. The molecule has 1 aliphatic heterocycles. The number of halogens is 3. The summed E-state index contributed by atoms with van der Waals surface area (Å²) in [5.41, 5.74) is 1.19. The third kappa shape index (κ3) is 5.71. The van der Waals surface area contributed by atoms with Gasteiger partial charge in [0.2, 0.25) is 5.91 Å². The van der Waals surface area contributed by atoms with E-state index in [4.69, 9.17) is 0 Å². The van der Waals surface area contributed by atoms with Crippen molar-refractivity contribution in [3.63, 3.8) is 0 Å². The second-order valence-corrected chi connectivity index (χ2v) is 7.14. The van der Waals surface area contributed by atoms with Gasteiger partial charge in [-0.2, -0.15) is 13.2 Å². The minimum Gasteiger partial charge on any atom is -0.370 e. The van der Waals surface area contributed by atoms with Crippen LogP contribution in [0.3, 0.4) is 0 Å². The van der Waals surface area contributed by atoms with Gasteiger partial charge in [0.25, 0.3) is 0 Å². The van der Waals surface area contributed by atoms with Crippen LogP contribution in [-0.4, -0.2) is 30.5 Å². The standard InChI is InChI=1S/C21H24F3N3O/c22-21(23,24)18-6-3-16(4-7-18)5-8-20(28)26-14-17-9-12-27(13-10-17)19-2-1-11-25-15-19/h1-4,6-7,11,15,17H,5,8-10,12-14H2,(H,26,28). The van der Waals surface area contributed by atoms with E-state index in [-0.39, 0.29) is 12.3 Å². The number of nitrogens with one attached hydrogen (secondary N) is 1. The first-order valence-electron chi connectivity index (χ1n) is 9.49. The maximum atomic E-state index is 12.6. The molecule has 0 unspecified atom stereocenters. The normalized spacial score (nSPS) is 15.5. The summed E-state index contributed by atoms with van der Waals surface area (Å²) in [5.74, 6) is 0.387. The fraction of sp³-hybridized carbons (Fsp3) is 0.429. The number of alkyl halides is 3. The second kappa shape index (κ2) is 9.08. The minimum atomic E-state index is -4.33. The van der Waals surface area contributed by atoms with Crippen molar-refractivity contribution in [1.29, 1.82) is 0 Å². The van der Waals surface area contributed by atoms with Crippen LogP contribution in [0.1, 0.15) is 30.4 Å². The van der Waals surface area contributed by atoms with Crippen molar-refractivity contribution in [2.75, 3.05) is 24.5 Å². The van der Waals surface area contributed by atoms with Crippen LogP contribution in [0.25, 0.3) is 0 Å². The fourth-order valence-electron chi connectivity index (χ4n) is 3.40. The zero-order valence-electron chi connectivity index (χ0n) is 15.6. The number of aryl methyl sites for hydroxylation is 1. The number of amides is 1. The number of anilines is 1. The van der Waals surface area contributed by atoms with E-state index in [0.29, 0.717) is 18.9 Å². The van der Waals surface area contributed by atoms with Gasteiger partial charge < -0.3 is 10.2 Å². The smallest absolute Gasteiger partial charge is 0.370 e. The van der Waals surface area contributed by atoms with Crippen molar-refractivity contribution in [2.24, 2.45) is 5.92 Å². The summed E-state index contributed by atoms with van der Waals surface area (Å²) >= 11 is 0. The summed E-state index contributed by atoms with van der Waals surface area (Å²) in [6.07, 6.45) is 2.02. The van der Waals surface area contributed by atoms with E-state index in [1.54, 1.807) is 6.20 Å². The molecule has 1 N–H and O–H groups in total. The molecule has 0 saturated carbocycles. The van der Waals surface area contributed by atoms with Gasteiger partial charge in [0.15, 0.2) is 0 Å². The lowest BCUT2D eigenvalue weighted by atomic mass is 9.96. The molecule has 1 aliphatic rings.